The molecule has 0 radical (unpaired) electrons. The van der Waals surface area contributed by atoms with Crippen LogP contribution in [-0.2, 0) is 0 Å². The molecule has 0 saturated heterocycles. The molecule has 0 atom stereocenters. The van der Waals surface area contributed by atoms with Gasteiger partial charge in [-0.25, -0.2) is 4.39 Å². The molecule has 0 aromatic heterocycles. The molecule has 1 N–H and O–H groups in total. The second-order valence-corrected chi connectivity index (χ2v) is 3.53. The van der Waals surface area contributed by atoms with E-state index in [4.69, 9.17) is 5.11 Å². The summed E-state index contributed by atoms with van der Waals surface area (Å²) in [7, 11) is 1.78. The molecule has 0 aliphatic rings. The number of hydrogen-bond donors (Lipinski definition) is 1. The maximum absolute atomic E-state index is 13.6. The van der Waals surface area contributed by atoms with Gasteiger partial charge in [-0.15, -0.1) is 0 Å². The fraction of sp³-hybridized carbons (Fsp3) is 0.0769. The van der Waals surface area contributed by atoms with Gasteiger partial charge in [0.05, 0.1) is 5.69 Å². The smallest absolute Gasteiger partial charge is 0.150 e. The highest BCUT2D eigenvalue weighted by atomic mass is 19.1. The van der Waals surface area contributed by atoms with Gasteiger partial charge in [0.15, 0.2) is 5.82 Å². The number of rotatable bonds is 2. The summed E-state index contributed by atoms with van der Waals surface area (Å²) in [6, 6.07) is 13.6. The van der Waals surface area contributed by atoms with Gasteiger partial charge < -0.3 is 10.0 Å². The van der Waals surface area contributed by atoms with Gasteiger partial charge in [0.1, 0.15) is 5.75 Å². The van der Waals surface area contributed by atoms with Crippen molar-refractivity contribution in [3.05, 3.63) is 54.3 Å². The van der Waals surface area contributed by atoms with Gasteiger partial charge >= 0.3 is 0 Å². The van der Waals surface area contributed by atoms with Crippen molar-refractivity contribution in [2.75, 3.05) is 11.9 Å². The number of para-hydroxylation sites is 1. The van der Waals surface area contributed by atoms with Gasteiger partial charge in [-0.3, -0.25) is 0 Å². The summed E-state index contributed by atoms with van der Waals surface area (Å²) in [4.78, 5) is 1.73. The zero-order valence-electron chi connectivity index (χ0n) is 8.89. The monoisotopic (exact) mass is 217 g/mol. The van der Waals surface area contributed by atoms with Crippen molar-refractivity contribution < 1.29 is 9.50 Å². The van der Waals surface area contributed by atoms with E-state index in [0.717, 1.165) is 11.8 Å². The van der Waals surface area contributed by atoms with Crippen LogP contribution >= 0.6 is 0 Å². The van der Waals surface area contributed by atoms with Crippen molar-refractivity contribution in [2.24, 2.45) is 0 Å². The molecule has 0 bridgehead atoms. The number of nitrogens with zero attached hydrogens (tertiary/aromatic N) is 1. The van der Waals surface area contributed by atoms with Gasteiger partial charge in [0.25, 0.3) is 0 Å². The van der Waals surface area contributed by atoms with Crippen LogP contribution in [0.3, 0.4) is 0 Å². The molecule has 0 saturated carbocycles. The Morgan fingerprint density at radius 3 is 2.38 bits per heavy atom. The molecule has 0 aliphatic carbocycles. The minimum atomic E-state index is -0.439. The molecule has 0 aliphatic heterocycles. The van der Waals surface area contributed by atoms with E-state index in [-0.39, 0.29) is 5.75 Å². The second kappa shape index (κ2) is 4.23. The molecule has 2 aromatic rings. The van der Waals surface area contributed by atoms with Crippen molar-refractivity contribution in [3.63, 3.8) is 0 Å². The van der Waals surface area contributed by atoms with Crippen molar-refractivity contribution in [1.82, 2.24) is 0 Å². The lowest BCUT2D eigenvalue weighted by molar-refractivity contribution is 0.469. The zero-order valence-corrected chi connectivity index (χ0v) is 8.89. The highest BCUT2D eigenvalue weighted by molar-refractivity contribution is 5.63. The molecule has 2 rings (SSSR count). The number of benzene rings is 2. The summed E-state index contributed by atoms with van der Waals surface area (Å²) in [5.74, 6) is -0.505. The average molecular weight is 217 g/mol. The predicted octanol–water partition coefficient (Wildman–Crippen LogP) is 3.30. The Labute approximate surface area is 93.6 Å². The van der Waals surface area contributed by atoms with Crippen LogP contribution in [0.1, 0.15) is 0 Å². The molecule has 16 heavy (non-hydrogen) atoms. The number of halogens is 1. The van der Waals surface area contributed by atoms with Gasteiger partial charge in [-0.2, -0.15) is 0 Å². The summed E-state index contributed by atoms with van der Waals surface area (Å²) >= 11 is 0. The van der Waals surface area contributed by atoms with Crippen molar-refractivity contribution >= 4 is 11.4 Å². The van der Waals surface area contributed by atoms with E-state index in [1.165, 1.54) is 6.07 Å². The molecule has 0 spiro atoms. The molecule has 0 amide bonds. The molecule has 82 valence electrons. The highest BCUT2D eigenvalue weighted by Gasteiger charge is 2.09. The minimum Gasteiger partial charge on any atom is -0.508 e. The lowest BCUT2D eigenvalue weighted by atomic mass is 10.2. The van der Waals surface area contributed by atoms with E-state index in [1.807, 2.05) is 30.3 Å². The van der Waals surface area contributed by atoms with Crippen LogP contribution in [0.5, 0.6) is 5.75 Å². The first-order chi connectivity index (χ1) is 7.68. The first-order valence-corrected chi connectivity index (χ1v) is 4.96. The first-order valence-electron chi connectivity index (χ1n) is 4.96. The number of phenols is 1. The summed E-state index contributed by atoms with van der Waals surface area (Å²) in [6.45, 7) is 0. The van der Waals surface area contributed by atoms with Crippen LogP contribution < -0.4 is 4.90 Å². The Morgan fingerprint density at radius 1 is 1.06 bits per heavy atom. The lowest BCUT2D eigenvalue weighted by Crippen LogP contribution is -2.10. The van der Waals surface area contributed by atoms with Crippen LogP contribution in [0.2, 0.25) is 0 Å². The van der Waals surface area contributed by atoms with Crippen molar-refractivity contribution in [3.8, 4) is 5.75 Å². The maximum Gasteiger partial charge on any atom is 0.150 e. The van der Waals surface area contributed by atoms with E-state index >= 15 is 0 Å². The van der Waals surface area contributed by atoms with Crippen molar-refractivity contribution in [2.45, 2.75) is 0 Å². The van der Waals surface area contributed by atoms with E-state index < -0.39 is 5.82 Å². The molecule has 0 heterocycles. The number of hydrogen-bond acceptors (Lipinski definition) is 2. The Kier molecular flexibility index (Phi) is 2.77. The largest absolute Gasteiger partial charge is 0.508 e. The summed E-state index contributed by atoms with van der Waals surface area (Å²) in [5.41, 5.74) is 1.33. The van der Waals surface area contributed by atoms with Crippen molar-refractivity contribution in [1.29, 1.82) is 0 Å². The highest BCUT2D eigenvalue weighted by Crippen LogP contribution is 2.27. The van der Waals surface area contributed by atoms with Crippen LogP contribution in [0, 0.1) is 5.82 Å². The minimum absolute atomic E-state index is 0.0669. The lowest BCUT2D eigenvalue weighted by Gasteiger charge is -2.19. The third kappa shape index (κ3) is 1.98. The van der Waals surface area contributed by atoms with Gasteiger partial charge in [0, 0.05) is 18.8 Å². The molecule has 2 aromatic carbocycles. The topological polar surface area (TPSA) is 23.5 Å². The van der Waals surface area contributed by atoms with Crippen LogP contribution in [-0.4, -0.2) is 12.2 Å². The van der Waals surface area contributed by atoms with Crippen LogP contribution in [0.15, 0.2) is 48.5 Å². The number of phenolic OH excluding ortho intramolecular Hbond substituents is 1. The van der Waals surface area contributed by atoms with E-state index in [1.54, 1.807) is 18.0 Å². The molecule has 2 nitrogen and oxygen atoms in total. The third-order valence-electron chi connectivity index (χ3n) is 2.44. The SMILES string of the molecule is CN(c1ccccc1)c1ccc(O)cc1F. The molecule has 0 unspecified atom stereocenters. The normalized spacial score (nSPS) is 10.1. The Hall–Kier alpha value is -2.03. The summed E-state index contributed by atoms with van der Waals surface area (Å²) in [5, 5.41) is 9.13. The summed E-state index contributed by atoms with van der Waals surface area (Å²) in [6.07, 6.45) is 0. The molecule has 3 heteroatoms. The quantitative estimate of drug-likeness (QED) is 0.834. The zero-order chi connectivity index (χ0) is 11.5. The second-order valence-electron chi connectivity index (χ2n) is 3.53. The van der Waals surface area contributed by atoms with Gasteiger partial charge in [-0.1, -0.05) is 18.2 Å². The third-order valence-corrected chi connectivity index (χ3v) is 2.44. The first kappa shape index (κ1) is 10.5. The number of anilines is 2. The predicted molar refractivity (Wildman–Crippen MR) is 62.6 cm³/mol. The Balaban J connectivity index is 2.38. The molecule has 0 fully saturated rings. The van der Waals surface area contributed by atoms with E-state index in [0.29, 0.717) is 5.69 Å². The van der Waals surface area contributed by atoms with Crippen LogP contribution in [0.25, 0.3) is 0 Å². The van der Waals surface area contributed by atoms with Crippen LogP contribution in [0.4, 0.5) is 15.8 Å². The Morgan fingerprint density at radius 2 is 1.75 bits per heavy atom. The average Bonchev–Trinajstić information content (AvgIpc) is 2.29. The van der Waals surface area contributed by atoms with Gasteiger partial charge in [-0.05, 0) is 24.3 Å². The van der Waals surface area contributed by atoms with E-state index in [9.17, 15) is 4.39 Å². The fourth-order valence-electron chi connectivity index (χ4n) is 1.56. The maximum atomic E-state index is 13.6. The summed E-state index contributed by atoms with van der Waals surface area (Å²) < 4.78 is 13.6. The standard InChI is InChI=1S/C13H12FNO/c1-15(10-5-3-2-4-6-10)13-8-7-11(16)9-12(13)14/h2-9,16H,1H3. The number of aromatic hydroxyl groups is 1. The Bertz CT molecular complexity index is 485. The molecular weight excluding hydrogens is 205 g/mol. The molecular formula is C13H12FNO. The fourth-order valence-corrected chi connectivity index (χ4v) is 1.56. The van der Waals surface area contributed by atoms with E-state index in [2.05, 4.69) is 0 Å². The van der Waals surface area contributed by atoms with Gasteiger partial charge in [0.2, 0.25) is 0 Å².